The summed E-state index contributed by atoms with van der Waals surface area (Å²) in [6, 6.07) is 7.10. The highest BCUT2D eigenvalue weighted by Gasteiger charge is 2.05. The van der Waals surface area contributed by atoms with Gasteiger partial charge in [-0.2, -0.15) is 0 Å². The Morgan fingerprint density at radius 3 is 2.75 bits per heavy atom. The van der Waals surface area contributed by atoms with Gasteiger partial charge in [-0.05, 0) is 43.3 Å². The molecule has 2 aromatic rings. The third-order valence-electron chi connectivity index (χ3n) is 1.98. The molecule has 0 spiro atoms. The molecular formula is C12H9ClO2S. The molecule has 0 aliphatic carbocycles. The molecule has 0 bridgehead atoms. The van der Waals surface area contributed by atoms with Crippen LogP contribution >= 0.6 is 22.9 Å². The average Bonchev–Trinajstić information content (AvgIpc) is 2.84. The molecule has 0 amide bonds. The molecule has 2 rings (SSSR count). The van der Waals surface area contributed by atoms with Crippen molar-refractivity contribution < 1.29 is 9.21 Å². The average molecular weight is 253 g/mol. The van der Waals surface area contributed by atoms with Gasteiger partial charge in [0.05, 0.1) is 9.21 Å². The van der Waals surface area contributed by atoms with Gasteiger partial charge in [0.1, 0.15) is 11.5 Å². The van der Waals surface area contributed by atoms with E-state index in [9.17, 15) is 4.79 Å². The highest BCUT2D eigenvalue weighted by atomic mass is 35.5. The van der Waals surface area contributed by atoms with Crippen LogP contribution in [0.3, 0.4) is 0 Å². The van der Waals surface area contributed by atoms with E-state index in [0.29, 0.717) is 15.0 Å². The first-order chi connectivity index (χ1) is 7.65. The summed E-state index contributed by atoms with van der Waals surface area (Å²) in [5.41, 5.74) is 0. The van der Waals surface area contributed by atoms with E-state index in [4.69, 9.17) is 16.0 Å². The van der Waals surface area contributed by atoms with Crippen LogP contribution in [0.1, 0.15) is 21.2 Å². The van der Waals surface area contributed by atoms with Gasteiger partial charge in [0.2, 0.25) is 0 Å². The second-order valence-corrected chi connectivity index (χ2v) is 4.96. The number of allylic oxidation sites excluding steroid dienone is 1. The van der Waals surface area contributed by atoms with Crippen LogP contribution in [0.15, 0.2) is 34.8 Å². The third kappa shape index (κ3) is 2.62. The fourth-order valence-electron chi connectivity index (χ4n) is 1.23. The predicted molar refractivity (Wildman–Crippen MR) is 66.1 cm³/mol. The lowest BCUT2D eigenvalue weighted by molar-refractivity contribution is 0.105. The number of furan rings is 1. The van der Waals surface area contributed by atoms with Crippen molar-refractivity contribution in [3.8, 4) is 0 Å². The molecule has 0 radical (unpaired) electrons. The Balaban J connectivity index is 2.10. The topological polar surface area (TPSA) is 30.2 Å². The highest BCUT2D eigenvalue weighted by molar-refractivity contribution is 7.18. The van der Waals surface area contributed by atoms with Crippen LogP contribution in [-0.4, -0.2) is 5.78 Å². The molecule has 0 N–H and O–H groups in total. The second kappa shape index (κ2) is 4.68. The van der Waals surface area contributed by atoms with Crippen molar-refractivity contribution in [2.75, 3.05) is 0 Å². The van der Waals surface area contributed by atoms with Crippen LogP contribution in [0.4, 0.5) is 0 Å². The first kappa shape index (κ1) is 11.2. The number of aryl methyl sites for hydroxylation is 1. The normalized spacial score (nSPS) is 11.1. The number of hydrogen-bond acceptors (Lipinski definition) is 3. The molecular weight excluding hydrogens is 244 g/mol. The molecule has 0 unspecified atom stereocenters. The minimum Gasteiger partial charge on any atom is -0.462 e. The summed E-state index contributed by atoms with van der Waals surface area (Å²) in [4.78, 5) is 12.3. The largest absolute Gasteiger partial charge is 0.462 e. The lowest BCUT2D eigenvalue weighted by Crippen LogP contribution is -1.88. The van der Waals surface area contributed by atoms with Crippen LogP contribution < -0.4 is 0 Å². The van der Waals surface area contributed by atoms with Crippen LogP contribution in [0, 0.1) is 6.92 Å². The van der Waals surface area contributed by atoms with Gasteiger partial charge >= 0.3 is 0 Å². The molecule has 0 aliphatic rings. The smallest absolute Gasteiger partial charge is 0.195 e. The Bertz CT molecular complexity index is 537. The van der Waals surface area contributed by atoms with Crippen molar-refractivity contribution in [3.63, 3.8) is 0 Å². The zero-order valence-electron chi connectivity index (χ0n) is 8.57. The Morgan fingerprint density at radius 2 is 2.19 bits per heavy atom. The summed E-state index contributed by atoms with van der Waals surface area (Å²) < 4.78 is 5.93. The zero-order valence-corrected chi connectivity index (χ0v) is 10.1. The maximum absolute atomic E-state index is 11.7. The zero-order chi connectivity index (χ0) is 11.5. The molecule has 0 saturated heterocycles. The second-order valence-electron chi connectivity index (χ2n) is 3.25. The van der Waals surface area contributed by atoms with Crippen molar-refractivity contribution in [2.24, 2.45) is 0 Å². The molecule has 0 saturated carbocycles. The van der Waals surface area contributed by atoms with Gasteiger partial charge in [-0.15, -0.1) is 11.3 Å². The van der Waals surface area contributed by atoms with Gasteiger partial charge in [-0.3, -0.25) is 4.79 Å². The Morgan fingerprint density at radius 1 is 1.38 bits per heavy atom. The van der Waals surface area contributed by atoms with Crippen molar-refractivity contribution in [1.29, 1.82) is 0 Å². The molecule has 0 aliphatic heterocycles. The van der Waals surface area contributed by atoms with E-state index in [1.54, 1.807) is 18.2 Å². The first-order valence-electron chi connectivity index (χ1n) is 4.69. The van der Waals surface area contributed by atoms with Gasteiger partial charge in [0.15, 0.2) is 5.78 Å². The molecule has 0 atom stereocenters. The van der Waals surface area contributed by atoms with E-state index in [-0.39, 0.29) is 5.78 Å². The van der Waals surface area contributed by atoms with E-state index >= 15 is 0 Å². The number of hydrogen-bond donors (Lipinski definition) is 0. The highest BCUT2D eigenvalue weighted by Crippen LogP contribution is 2.22. The van der Waals surface area contributed by atoms with E-state index in [2.05, 4.69) is 0 Å². The van der Waals surface area contributed by atoms with Crippen molar-refractivity contribution in [2.45, 2.75) is 6.92 Å². The van der Waals surface area contributed by atoms with Crippen LogP contribution in [0.5, 0.6) is 0 Å². The van der Waals surface area contributed by atoms with Crippen LogP contribution in [0.25, 0.3) is 6.08 Å². The summed E-state index contributed by atoms with van der Waals surface area (Å²) in [5, 5.41) is 0. The lowest BCUT2D eigenvalue weighted by atomic mass is 10.3. The van der Waals surface area contributed by atoms with Crippen molar-refractivity contribution in [1.82, 2.24) is 0 Å². The van der Waals surface area contributed by atoms with Crippen molar-refractivity contribution >= 4 is 34.8 Å². The molecule has 4 heteroatoms. The molecule has 16 heavy (non-hydrogen) atoms. The van der Waals surface area contributed by atoms with Crippen molar-refractivity contribution in [3.05, 3.63) is 51.1 Å². The minimum absolute atomic E-state index is 0.0639. The summed E-state index contributed by atoms with van der Waals surface area (Å²) in [6.45, 7) is 1.86. The fourth-order valence-corrected chi connectivity index (χ4v) is 2.19. The number of ketones is 1. The minimum atomic E-state index is -0.0639. The number of carbonyl (C=O) groups excluding carboxylic acids is 1. The fraction of sp³-hybridized carbons (Fsp3) is 0.0833. The Hall–Kier alpha value is -1.32. The van der Waals surface area contributed by atoms with Gasteiger partial charge < -0.3 is 4.42 Å². The maximum Gasteiger partial charge on any atom is 0.195 e. The van der Waals surface area contributed by atoms with Gasteiger partial charge in [0, 0.05) is 0 Å². The quantitative estimate of drug-likeness (QED) is 0.605. The van der Waals surface area contributed by atoms with Crippen LogP contribution in [0.2, 0.25) is 4.34 Å². The molecule has 0 aromatic carbocycles. The number of carbonyl (C=O) groups is 1. The lowest BCUT2D eigenvalue weighted by Gasteiger charge is -1.87. The third-order valence-corrected chi connectivity index (χ3v) is 3.22. The Labute approximate surface area is 102 Å². The maximum atomic E-state index is 11.7. The van der Waals surface area contributed by atoms with Gasteiger partial charge in [-0.1, -0.05) is 11.6 Å². The van der Waals surface area contributed by atoms with E-state index < -0.39 is 0 Å². The van der Waals surface area contributed by atoms with E-state index in [1.165, 1.54) is 17.4 Å². The molecule has 2 nitrogen and oxygen atoms in total. The molecule has 0 fully saturated rings. The predicted octanol–water partition coefficient (Wildman–Crippen LogP) is 4.20. The monoisotopic (exact) mass is 252 g/mol. The van der Waals surface area contributed by atoms with E-state index in [1.807, 2.05) is 19.1 Å². The van der Waals surface area contributed by atoms with Gasteiger partial charge in [-0.25, -0.2) is 0 Å². The first-order valence-corrected chi connectivity index (χ1v) is 5.89. The summed E-state index contributed by atoms with van der Waals surface area (Å²) in [7, 11) is 0. The SMILES string of the molecule is Cc1ccc(/C=C/C(=O)c2ccc(Cl)s2)o1. The standard InChI is InChI=1S/C12H9ClO2S/c1-8-2-3-9(15-8)4-5-10(14)11-6-7-12(13)16-11/h2-7H,1H3/b5-4+. The summed E-state index contributed by atoms with van der Waals surface area (Å²) >= 11 is 7.02. The van der Waals surface area contributed by atoms with Gasteiger partial charge in [0.25, 0.3) is 0 Å². The summed E-state index contributed by atoms with van der Waals surface area (Å²) in [5.74, 6) is 1.44. The number of thiophene rings is 1. The van der Waals surface area contributed by atoms with E-state index in [0.717, 1.165) is 5.76 Å². The molecule has 2 heterocycles. The Kier molecular flexibility index (Phi) is 3.27. The number of rotatable bonds is 3. The number of halogens is 1. The molecule has 82 valence electrons. The molecule has 2 aromatic heterocycles. The summed E-state index contributed by atoms with van der Waals surface area (Å²) in [6.07, 6.45) is 3.14. The van der Waals surface area contributed by atoms with Crippen LogP contribution in [-0.2, 0) is 0 Å².